The molecule has 2 heterocycles. The lowest BCUT2D eigenvalue weighted by Gasteiger charge is -2.35. The van der Waals surface area contributed by atoms with Crippen LogP contribution in [0.25, 0.3) is 0 Å². The molecule has 0 spiro atoms. The third-order valence-electron chi connectivity index (χ3n) is 6.37. The van der Waals surface area contributed by atoms with E-state index >= 15 is 0 Å². The van der Waals surface area contributed by atoms with Crippen LogP contribution in [0.3, 0.4) is 0 Å². The number of ketones is 1. The van der Waals surface area contributed by atoms with Crippen LogP contribution < -0.4 is 0 Å². The number of H-pyrrole nitrogens is 1. The molecule has 1 N–H and O–H groups in total. The van der Waals surface area contributed by atoms with E-state index in [0.29, 0.717) is 17.5 Å². The number of aromatic amines is 1. The Balaban J connectivity index is 1.54. The van der Waals surface area contributed by atoms with Crippen molar-refractivity contribution in [2.75, 3.05) is 6.54 Å². The predicted octanol–water partition coefficient (Wildman–Crippen LogP) is 2.86. The summed E-state index contributed by atoms with van der Waals surface area (Å²) in [6.07, 6.45) is 6.68. The van der Waals surface area contributed by atoms with Crippen LogP contribution in [0.1, 0.15) is 50.0 Å². The summed E-state index contributed by atoms with van der Waals surface area (Å²) in [7, 11) is 0. The third kappa shape index (κ3) is 2.09. The number of carbonyl (C=O) groups excluding carboxylic acids is 2. The van der Waals surface area contributed by atoms with E-state index in [9.17, 15) is 9.59 Å². The molecule has 0 saturated heterocycles. The zero-order valence-corrected chi connectivity index (χ0v) is 13.7. The van der Waals surface area contributed by atoms with Crippen molar-refractivity contribution in [1.82, 2.24) is 9.99 Å². The van der Waals surface area contributed by atoms with Crippen LogP contribution in [0.4, 0.5) is 0 Å². The van der Waals surface area contributed by atoms with Gasteiger partial charge in [-0.05, 0) is 63.0 Å². The molecule has 5 heteroatoms. The summed E-state index contributed by atoms with van der Waals surface area (Å²) in [4.78, 5) is 28.2. The average molecular weight is 313 g/mol. The molecule has 5 nitrogen and oxygen atoms in total. The Bertz CT molecular complexity index is 678. The Morgan fingerprint density at radius 2 is 2.26 bits per heavy atom. The number of carbonyl (C=O) groups is 2. The first-order valence-corrected chi connectivity index (χ1v) is 8.54. The first kappa shape index (κ1) is 14.7. The van der Waals surface area contributed by atoms with Crippen LogP contribution in [-0.2, 0) is 4.79 Å². The highest BCUT2D eigenvalue weighted by atomic mass is 16.2. The fraction of sp³-hybridized carbons (Fsp3) is 0.611. The zero-order chi connectivity index (χ0) is 16.2. The number of hydrogen-bond acceptors (Lipinski definition) is 3. The molecule has 0 aromatic carbocycles. The molecule has 0 radical (unpaired) electrons. The SMILES string of the molecule is CC1=NN(CC(=O)c2ccc[nH]2)C(=O)[C@]1(C)C1CC2CCC1C2. The second-order valence-electron chi connectivity index (χ2n) is 7.54. The number of hydrazone groups is 1. The van der Waals surface area contributed by atoms with Gasteiger partial charge in [0.1, 0.15) is 6.54 Å². The summed E-state index contributed by atoms with van der Waals surface area (Å²) in [6, 6.07) is 3.52. The molecular formula is C18H23N3O2. The van der Waals surface area contributed by atoms with Crippen LogP contribution >= 0.6 is 0 Å². The van der Waals surface area contributed by atoms with Gasteiger partial charge < -0.3 is 4.98 Å². The van der Waals surface area contributed by atoms with E-state index in [-0.39, 0.29) is 18.2 Å². The maximum absolute atomic E-state index is 13.1. The zero-order valence-electron chi connectivity index (χ0n) is 13.7. The molecule has 4 rings (SSSR count). The molecule has 3 unspecified atom stereocenters. The normalized spacial score (nSPS) is 35.9. The number of nitrogens with zero attached hydrogens (tertiary/aromatic N) is 2. The number of Topliss-reactive ketones (excluding diaryl/α,β-unsaturated/α-hetero) is 1. The summed E-state index contributed by atoms with van der Waals surface area (Å²) in [6.45, 7) is 4.01. The second kappa shape index (κ2) is 5.05. The first-order valence-electron chi connectivity index (χ1n) is 8.54. The summed E-state index contributed by atoms with van der Waals surface area (Å²) >= 11 is 0. The molecular weight excluding hydrogens is 290 g/mol. The van der Waals surface area contributed by atoms with E-state index in [0.717, 1.165) is 18.1 Å². The smallest absolute Gasteiger partial charge is 0.255 e. The molecule has 2 saturated carbocycles. The molecule has 3 aliphatic rings. The molecule has 122 valence electrons. The van der Waals surface area contributed by atoms with Crippen molar-refractivity contribution in [2.45, 2.75) is 39.5 Å². The minimum Gasteiger partial charge on any atom is -0.359 e. The minimum absolute atomic E-state index is 0.00690. The lowest BCUT2D eigenvalue weighted by Crippen LogP contribution is -2.45. The summed E-state index contributed by atoms with van der Waals surface area (Å²) in [5, 5.41) is 5.86. The number of aromatic nitrogens is 1. The molecule has 1 aromatic heterocycles. The van der Waals surface area contributed by atoms with Gasteiger partial charge in [0, 0.05) is 6.20 Å². The summed E-state index contributed by atoms with van der Waals surface area (Å²) < 4.78 is 0. The van der Waals surface area contributed by atoms with Crippen molar-refractivity contribution in [1.29, 1.82) is 0 Å². The molecule has 4 atom stereocenters. The second-order valence-corrected chi connectivity index (χ2v) is 7.54. The van der Waals surface area contributed by atoms with Crippen molar-refractivity contribution in [2.24, 2.45) is 28.3 Å². The topological polar surface area (TPSA) is 65.5 Å². The number of amides is 1. The monoisotopic (exact) mass is 313 g/mol. The molecule has 1 aliphatic heterocycles. The van der Waals surface area contributed by atoms with Crippen LogP contribution in [0.2, 0.25) is 0 Å². The number of rotatable bonds is 4. The van der Waals surface area contributed by atoms with Gasteiger partial charge in [-0.2, -0.15) is 5.10 Å². The van der Waals surface area contributed by atoms with Gasteiger partial charge in [-0.1, -0.05) is 6.42 Å². The summed E-state index contributed by atoms with van der Waals surface area (Å²) in [5.74, 6) is 1.74. The van der Waals surface area contributed by atoms with Crippen molar-refractivity contribution in [3.63, 3.8) is 0 Å². The van der Waals surface area contributed by atoms with E-state index < -0.39 is 5.41 Å². The van der Waals surface area contributed by atoms with Gasteiger partial charge in [0.15, 0.2) is 0 Å². The molecule has 1 aromatic rings. The highest BCUT2D eigenvalue weighted by molar-refractivity contribution is 6.12. The molecule has 1 amide bonds. The molecule has 2 bridgehead atoms. The van der Waals surface area contributed by atoms with Crippen LogP contribution in [0.5, 0.6) is 0 Å². The first-order chi connectivity index (χ1) is 11.0. The van der Waals surface area contributed by atoms with Crippen molar-refractivity contribution < 1.29 is 9.59 Å². The molecule has 2 aliphatic carbocycles. The minimum atomic E-state index is -0.518. The van der Waals surface area contributed by atoms with Gasteiger partial charge in [-0.25, -0.2) is 5.01 Å². The van der Waals surface area contributed by atoms with E-state index in [1.54, 1.807) is 18.3 Å². The molecule has 23 heavy (non-hydrogen) atoms. The van der Waals surface area contributed by atoms with Crippen LogP contribution in [-0.4, -0.2) is 33.9 Å². The van der Waals surface area contributed by atoms with Crippen LogP contribution in [0, 0.1) is 23.2 Å². The Labute approximate surface area is 136 Å². The summed E-state index contributed by atoms with van der Waals surface area (Å²) in [5.41, 5.74) is 0.883. The standard InChI is InChI=1S/C18H23N3O2/c1-11-18(2,14-9-12-5-6-13(14)8-12)17(23)21(20-11)10-16(22)15-4-3-7-19-15/h3-4,7,12-14,19H,5-6,8-10H2,1-2H3/t12?,13?,14?,18-/m0/s1. The molecule has 2 fully saturated rings. The van der Waals surface area contributed by atoms with E-state index in [1.165, 1.54) is 24.3 Å². The quantitative estimate of drug-likeness (QED) is 0.869. The van der Waals surface area contributed by atoms with Crippen molar-refractivity contribution in [3.05, 3.63) is 24.0 Å². The highest BCUT2D eigenvalue weighted by Gasteiger charge is 2.57. The fourth-order valence-corrected chi connectivity index (χ4v) is 4.96. The van der Waals surface area contributed by atoms with E-state index in [4.69, 9.17) is 0 Å². The van der Waals surface area contributed by atoms with Gasteiger partial charge in [-0.15, -0.1) is 0 Å². The maximum atomic E-state index is 13.1. The van der Waals surface area contributed by atoms with E-state index in [2.05, 4.69) is 10.1 Å². The Morgan fingerprint density at radius 3 is 2.87 bits per heavy atom. The Hall–Kier alpha value is -1.91. The third-order valence-corrected chi connectivity index (χ3v) is 6.37. The van der Waals surface area contributed by atoms with Gasteiger partial charge in [0.2, 0.25) is 5.78 Å². The predicted molar refractivity (Wildman–Crippen MR) is 87.0 cm³/mol. The van der Waals surface area contributed by atoms with Gasteiger partial charge in [-0.3, -0.25) is 9.59 Å². The number of fused-ring (bicyclic) bond motifs is 2. The van der Waals surface area contributed by atoms with Gasteiger partial charge in [0.25, 0.3) is 5.91 Å². The fourth-order valence-electron chi connectivity index (χ4n) is 4.96. The van der Waals surface area contributed by atoms with E-state index in [1.807, 2.05) is 13.8 Å². The van der Waals surface area contributed by atoms with Crippen molar-refractivity contribution >= 4 is 17.4 Å². The highest BCUT2D eigenvalue weighted by Crippen LogP contribution is 2.56. The van der Waals surface area contributed by atoms with Crippen LogP contribution in [0.15, 0.2) is 23.4 Å². The Morgan fingerprint density at radius 1 is 1.43 bits per heavy atom. The maximum Gasteiger partial charge on any atom is 0.255 e. The Kier molecular flexibility index (Phi) is 3.22. The van der Waals surface area contributed by atoms with Crippen molar-refractivity contribution in [3.8, 4) is 0 Å². The van der Waals surface area contributed by atoms with Gasteiger partial charge >= 0.3 is 0 Å². The average Bonchev–Trinajstić information content (AvgIpc) is 3.30. The largest absolute Gasteiger partial charge is 0.359 e. The lowest BCUT2D eigenvalue weighted by molar-refractivity contribution is -0.138. The number of nitrogens with one attached hydrogen (secondary N) is 1. The van der Waals surface area contributed by atoms with Gasteiger partial charge in [0.05, 0.1) is 16.8 Å². The number of hydrogen-bond donors (Lipinski definition) is 1. The lowest BCUT2D eigenvalue weighted by atomic mass is 9.66.